The summed E-state index contributed by atoms with van der Waals surface area (Å²) in [5.41, 5.74) is 11.6. The Bertz CT molecular complexity index is 876. The zero-order valence-electron chi connectivity index (χ0n) is 17.7. The number of fused-ring (bicyclic) bond motifs is 2. The lowest BCUT2D eigenvalue weighted by Gasteiger charge is -2.42. The van der Waals surface area contributed by atoms with E-state index < -0.39 is 0 Å². The number of nitrogens with two attached hydrogens (primary N) is 1. The highest BCUT2D eigenvalue weighted by atomic mass is 16.2. The van der Waals surface area contributed by atoms with Gasteiger partial charge in [0.05, 0.1) is 6.04 Å². The third-order valence-corrected chi connectivity index (χ3v) is 6.65. The van der Waals surface area contributed by atoms with Crippen molar-refractivity contribution < 1.29 is 9.59 Å². The first-order valence-electron chi connectivity index (χ1n) is 10.5. The number of hydrogen-bond donors (Lipinski definition) is 2. The predicted molar refractivity (Wildman–Crippen MR) is 116 cm³/mol. The highest BCUT2D eigenvalue weighted by Gasteiger charge is 2.43. The van der Waals surface area contributed by atoms with Gasteiger partial charge in [0, 0.05) is 62.0 Å². The zero-order chi connectivity index (χ0) is 20.9. The van der Waals surface area contributed by atoms with E-state index in [4.69, 9.17) is 5.73 Å². The molecule has 3 N–H and O–H groups in total. The van der Waals surface area contributed by atoms with Crippen LogP contribution in [0.15, 0.2) is 18.2 Å². The number of rotatable bonds is 3. The predicted octanol–water partition coefficient (Wildman–Crippen LogP) is 2.24. The highest BCUT2D eigenvalue weighted by molar-refractivity contribution is 5.98. The molecule has 156 valence electrons. The number of nitrogens with one attached hydrogen (secondary N) is 1. The maximum Gasteiger partial charge on any atom is 0.317 e. The van der Waals surface area contributed by atoms with E-state index in [-0.39, 0.29) is 24.0 Å². The van der Waals surface area contributed by atoms with Crippen molar-refractivity contribution in [3.63, 3.8) is 0 Å². The molecule has 1 aliphatic carbocycles. The second-order valence-electron chi connectivity index (χ2n) is 8.33. The van der Waals surface area contributed by atoms with Gasteiger partial charge < -0.3 is 20.9 Å². The van der Waals surface area contributed by atoms with Gasteiger partial charge in [0.25, 0.3) is 0 Å². The van der Waals surface area contributed by atoms with Crippen LogP contribution in [0, 0.1) is 0 Å². The molecule has 4 rings (SSSR count). The molecule has 2 aliphatic heterocycles. The molecule has 0 radical (unpaired) electrons. The summed E-state index contributed by atoms with van der Waals surface area (Å²) in [7, 11) is 2.11. The Balaban J connectivity index is 1.73. The van der Waals surface area contributed by atoms with Gasteiger partial charge in [-0.15, -0.1) is 0 Å². The fourth-order valence-corrected chi connectivity index (χ4v) is 5.23. The number of anilines is 2. The third-order valence-electron chi connectivity index (χ3n) is 6.65. The van der Waals surface area contributed by atoms with Gasteiger partial charge in [-0.2, -0.15) is 0 Å². The van der Waals surface area contributed by atoms with Gasteiger partial charge in [-0.05, 0) is 50.6 Å². The summed E-state index contributed by atoms with van der Waals surface area (Å²) >= 11 is 0. The van der Waals surface area contributed by atoms with Crippen molar-refractivity contribution in [3.05, 3.63) is 29.3 Å². The molecule has 3 atom stereocenters. The normalized spacial score (nSPS) is 25.2. The quantitative estimate of drug-likeness (QED) is 0.767. The second-order valence-corrected chi connectivity index (χ2v) is 8.33. The monoisotopic (exact) mass is 397 g/mol. The number of nitrogens with zero attached hydrogens (tertiary/aromatic N) is 3. The lowest BCUT2D eigenvalue weighted by molar-refractivity contribution is -0.116. The van der Waals surface area contributed by atoms with E-state index in [1.54, 1.807) is 11.8 Å². The van der Waals surface area contributed by atoms with E-state index in [9.17, 15) is 9.59 Å². The zero-order valence-corrected chi connectivity index (χ0v) is 17.7. The van der Waals surface area contributed by atoms with Crippen LogP contribution in [0.3, 0.4) is 0 Å². The number of carbonyl (C=O) groups excluding carboxylic acids is 2. The van der Waals surface area contributed by atoms with Crippen molar-refractivity contribution in [1.82, 2.24) is 15.1 Å². The fraction of sp³-hybridized carbons (Fsp3) is 0.545. The van der Waals surface area contributed by atoms with Crippen molar-refractivity contribution in [1.29, 1.82) is 0 Å². The SMILES string of the molecule is CCN(CC)C(=O)N[C@H]1C=C2c3c(N)ccc4c3C(C[C@H]2N(C)C1)CN4C(C)=O. The molecule has 1 unspecified atom stereocenters. The molecule has 29 heavy (non-hydrogen) atoms. The van der Waals surface area contributed by atoms with Crippen molar-refractivity contribution in [2.24, 2.45) is 0 Å². The molecule has 0 spiro atoms. The van der Waals surface area contributed by atoms with Crippen molar-refractivity contribution in [3.8, 4) is 0 Å². The number of urea groups is 1. The number of benzene rings is 1. The van der Waals surface area contributed by atoms with Gasteiger partial charge in [-0.1, -0.05) is 6.08 Å². The molecule has 1 aromatic carbocycles. The summed E-state index contributed by atoms with van der Waals surface area (Å²) in [5.74, 6) is 0.375. The smallest absolute Gasteiger partial charge is 0.317 e. The molecule has 0 bridgehead atoms. The summed E-state index contributed by atoms with van der Waals surface area (Å²) < 4.78 is 0. The standard InChI is InChI=1S/C22H31N5O2/c1-5-26(6-2)22(29)24-15-10-16-19(25(4)12-15)9-14-11-27(13(3)28)18-8-7-17(23)21(16)20(14)18/h7-8,10,14-15,19H,5-6,9,11-12,23H2,1-4H3,(H,24,29)/t14?,15-,19+/m0/s1. The molecule has 0 saturated carbocycles. The minimum Gasteiger partial charge on any atom is -0.398 e. The summed E-state index contributed by atoms with van der Waals surface area (Å²) in [6.45, 7) is 8.45. The third kappa shape index (κ3) is 3.17. The lowest BCUT2D eigenvalue weighted by atomic mass is 9.74. The molecule has 3 amide bonds. The Morgan fingerprint density at radius 3 is 2.62 bits per heavy atom. The molecule has 2 heterocycles. The van der Waals surface area contributed by atoms with Crippen molar-refractivity contribution in [2.75, 3.05) is 43.9 Å². The number of nitrogen functional groups attached to an aromatic ring is 1. The maximum atomic E-state index is 12.6. The van der Waals surface area contributed by atoms with Gasteiger partial charge in [0.1, 0.15) is 0 Å². The molecule has 0 fully saturated rings. The molecular formula is C22H31N5O2. The molecular weight excluding hydrogens is 366 g/mol. The van der Waals surface area contributed by atoms with Gasteiger partial charge in [-0.25, -0.2) is 4.79 Å². The first-order valence-corrected chi connectivity index (χ1v) is 10.5. The van der Waals surface area contributed by atoms with Crippen LogP contribution in [0.25, 0.3) is 5.57 Å². The van der Waals surface area contributed by atoms with Crippen LogP contribution in [0.1, 0.15) is 44.2 Å². The second kappa shape index (κ2) is 7.37. The van der Waals surface area contributed by atoms with E-state index in [0.29, 0.717) is 19.0 Å². The van der Waals surface area contributed by atoms with E-state index in [2.05, 4.69) is 23.3 Å². The minimum atomic E-state index is -0.0727. The van der Waals surface area contributed by atoms with Gasteiger partial charge >= 0.3 is 6.03 Å². The minimum absolute atomic E-state index is 0.0357. The van der Waals surface area contributed by atoms with Crippen molar-refractivity contribution >= 4 is 28.9 Å². The first kappa shape index (κ1) is 19.8. The highest BCUT2D eigenvalue weighted by Crippen LogP contribution is 2.52. The Kier molecular flexibility index (Phi) is 5.02. The van der Waals surface area contributed by atoms with Crippen LogP contribution in [0.2, 0.25) is 0 Å². The Morgan fingerprint density at radius 2 is 1.97 bits per heavy atom. The summed E-state index contributed by atoms with van der Waals surface area (Å²) in [5, 5.41) is 3.17. The van der Waals surface area contributed by atoms with Crippen LogP contribution in [0.4, 0.5) is 16.2 Å². The first-order chi connectivity index (χ1) is 13.8. The van der Waals surface area contributed by atoms with E-state index in [1.807, 2.05) is 30.9 Å². The van der Waals surface area contributed by atoms with E-state index >= 15 is 0 Å². The van der Waals surface area contributed by atoms with Crippen LogP contribution < -0.4 is 16.0 Å². The fourth-order valence-electron chi connectivity index (χ4n) is 5.23. The summed E-state index contributed by atoms with van der Waals surface area (Å²) in [6, 6.07) is 4.03. The van der Waals surface area contributed by atoms with Gasteiger partial charge in [0.15, 0.2) is 0 Å². The Morgan fingerprint density at radius 1 is 1.24 bits per heavy atom. The van der Waals surface area contributed by atoms with Gasteiger partial charge in [-0.3, -0.25) is 9.69 Å². The van der Waals surface area contributed by atoms with Gasteiger partial charge in [0.2, 0.25) is 5.91 Å². The average molecular weight is 398 g/mol. The largest absolute Gasteiger partial charge is 0.398 e. The number of likely N-dealkylation sites (N-methyl/N-ethyl adjacent to an activating group) is 1. The lowest BCUT2D eigenvalue weighted by Crippen LogP contribution is -2.53. The van der Waals surface area contributed by atoms with E-state index in [1.165, 1.54) is 11.1 Å². The van der Waals surface area contributed by atoms with Crippen LogP contribution in [-0.4, -0.2) is 67.0 Å². The Labute approximate surface area is 172 Å². The molecule has 3 aliphatic rings. The van der Waals surface area contributed by atoms with E-state index in [0.717, 1.165) is 36.4 Å². The maximum absolute atomic E-state index is 12.6. The molecule has 0 saturated heterocycles. The molecule has 7 heteroatoms. The number of hydrogen-bond acceptors (Lipinski definition) is 4. The molecule has 1 aromatic rings. The average Bonchev–Trinajstić information content (AvgIpc) is 3.05. The Hall–Kier alpha value is -2.54. The van der Waals surface area contributed by atoms with Crippen LogP contribution >= 0.6 is 0 Å². The van der Waals surface area contributed by atoms with Crippen molar-refractivity contribution in [2.45, 2.75) is 45.2 Å². The summed E-state index contributed by atoms with van der Waals surface area (Å²) in [4.78, 5) is 30.7. The molecule has 7 nitrogen and oxygen atoms in total. The number of carbonyl (C=O) groups is 2. The number of amides is 3. The molecule has 0 aromatic heterocycles. The summed E-state index contributed by atoms with van der Waals surface area (Å²) in [6.07, 6.45) is 3.15. The van der Waals surface area contributed by atoms with Crippen LogP contribution in [-0.2, 0) is 4.79 Å². The van der Waals surface area contributed by atoms with Crippen LogP contribution in [0.5, 0.6) is 0 Å². The topological polar surface area (TPSA) is 81.9 Å².